The minimum Gasteiger partial charge on any atom is -0.317 e. The Hall–Kier alpha value is -0.860. The highest BCUT2D eigenvalue weighted by atomic mass is 15.1. The molecule has 112 valence electrons. The van der Waals surface area contributed by atoms with E-state index in [1.807, 2.05) is 0 Å². The van der Waals surface area contributed by atoms with Gasteiger partial charge in [-0.25, -0.2) is 0 Å². The lowest BCUT2D eigenvalue weighted by molar-refractivity contribution is 0.161. The molecule has 20 heavy (non-hydrogen) atoms. The van der Waals surface area contributed by atoms with Crippen molar-refractivity contribution in [1.29, 1.82) is 0 Å². The molecule has 0 spiro atoms. The number of rotatable bonds is 5. The van der Waals surface area contributed by atoms with E-state index in [-0.39, 0.29) is 0 Å². The van der Waals surface area contributed by atoms with Crippen LogP contribution in [0.5, 0.6) is 0 Å². The quantitative estimate of drug-likeness (QED) is 0.884. The molecule has 1 aliphatic heterocycles. The zero-order valence-corrected chi connectivity index (χ0v) is 13.6. The monoisotopic (exact) mass is 274 g/mol. The van der Waals surface area contributed by atoms with Crippen LogP contribution in [0.3, 0.4) is 0 Å². The standard InChI is InChI=1S/C18H30N2/c1-14(2)20(12-17-8-10-19-11-9-17)13-18-7-5-6-15(3)16(18)4/h5-7,14,17,19H,8-13H2,1-4H3. The molecule has 0 saturated carbocycles. The summed E-state index contributed by atoms with van der Waals surface area (Å²) in [5.74, 6) is 0.865. The fraction of sp³-hybridized carbons (Fsp3) is 0.667. The summed E-state index contributed by atoms with van der Waals surface area (Å²) in [5.41, 5.74) is 4.36. The van der Waals surface area contributed by atoms with E-state index in [1.54, 1.807) is 0 Å². The number of hydrogen-bond acceptors (Lipinski definition) is 2. The molecule has 0 unspecified atom stereocenters. The maximum atomic E-state index is 3.46. The van der Waals surface area contributed by atoms with Crippen molar-refractivity contribution in [2.45, 2.75) is 53.1 Å². The van der Waals surface area contributed by atoms with Crippen LogP contribution in [0.15, 0.2) is 18.2 Å². The summed E-state index contributed by atoms with van der Waals surface area (Å²) in [5, 5.41) is 3.46. The van der Waals surface area contributed by atoms with Crippen molar-refractivity contribution in [2.24, 2.45) is 5.92 Å². The topological polar surface area (TPSA) is 15.3 Å². The Morgan fingerprint density at radius 1 is 1.20 bits per heavy atom. The third kappa shape index (κ3) is 4.07. The van der Waals surface area contributed by atoms with Crippen molar-refractivity contribution in [3.8, 4) is 0 Å². The average Bonchev–Trinajstić information content (AvgIpc) is 2.44. The Bertz CT molecular complexity index is 419. The second-order valence-electron chi connectivity index (χ2n) is 6.58. The molecule has 0 bridgehead atoms. The van der Waals surface area contributed by atoms with Gasteiger partial charge in [0.05, 0.1) is 0 Å². The van der Waals surface area contributed by atoms with Gasteiger partial charge >= 0.3 is 0 Å². The first-order valence-electron chi connectivity index (χ1n) is 8.07. The molecule has 1 aromatic carbocycles. The third-order valence-electron chi connectivity index (χ3n) is 4.77. The molecule has 2 nitrogen and oxygen atoms in total. The van der Waals surface area contributed by atoms with Crippen LogP contribution in [-0.4, -0.2) is 30.6 Å². The maximum Gasteiger partial charge on any atom is 0.0239 e. The second kappa shape index (κ2) is 7.24. The van der Waals surface area contributed by atoms with Gasteiger partial charge in [-0.15, -0.1) is 0 Å². The molecule has 2 rings (SSSR count). The molecule has 1 aliphatic rings. The largest absolute Gasteiger partial charge is 0.317 e. The van der Waals surface area contributed by atoms with E-state index >= 15 is 0 Å². The molecule has 0 radical (unpaired) electrons. The van der Waals surface area contributed by atoms with E-state index in [4.69, 9.17) is 0 Å². The van der Waals surface area contributed by atoms with Gasteiger partial charge in [0.15, 0.2) is 0 Å². The van der Waals surface area contributed by atoms with Crippen LogP contribution < -0.4 is 5.32 Å². The number of hydrogen-bond donors (Lipinski definition) is 1. The molecule has 0 aliphatic carbocycles. The van der Waals surface area contributed by atoms with E-state index < -0.39 is 0 Å². The number of aryl methyl sites for hydroxylation is 1. The molecule has 0 atom stereocenters. The Morgan fingerprint density at radius 2 is 1.90 bits per heavy atom. The van der Waals surface area contributed by atoms with Crippen LogP contribution in [-0.2, 0) is 6.54 Å². The van der Waals surface area contributed by atoms with Crippen molar-refractivity contribution in [2.75, 3.05) is 19.6 Å². The van der Waals surface area contributed by atoms with Crippen molar-refractivity contribution >= 4 is 0 Å². The molecular weight excluding hydrogens is 244 g/mol. The van der Waals surface area contributed by atoms with Gasteiger partial charge in [0.1, 0.15) is 0 Å². The lowest BCUT2D eigenvalue weighted by atomic mass is 9.96. The van der Waals surface area contributed by atoms with Crippen LogP contribution in [0, 0.1) is 19.8 Å². The van der Waals surface area contributed by atoms with Gasteiger partial charge in [-0.2, -0.15) is 0 Å². The summed E-state index contributed by atoms with van der Waals surface area (Å²) in [4.78, 5) is 2.65. The van der Waals surface area contributed by atoms with Crippen LogP contribution in [0.4, 0.5) is 0 Å². The van der Waals surface area contributed by atoms with Crippen molar-refractivity contribution in [3.05, 3.63) is 34.9 Å². The lowest BCUT2D eigenvalue weighted by Gasteiger charge is -2.33. The highest BCUT2D eigenvalue weighted by Gasteiger charge is 2.19. The van der Waals surface area contributed by atoms with Gasteiger partial charge < -0.3 is 5.32 Å². The van der Waals surface area contributed by atoms with Gasteiger partial charge in [-0.3, -0.25) is 4.90 Å². The molecule has 1 saturated heterocycles. The first kappa shape index (κ1) is 15.5. The molecule has 1 N–H and O–H groups in total. The maximum absolute atomic E-state index is 3.46. The van der Waals surface area contributed by atoms with E-state index in [0.29, 0.717) is 6.04 Å². The van der Waals surface area contributed by atoms with Gasteiger partial charge in [0.25, 0.3) is 0 Å². The minimum absolute atomic E-state index is 0.616. The van der Waals surface area contributed by atoms with Gasteiger partial charge in [-0.1, -0.05) is 18.2 Å². The zero-order valence-electron chi connectivity index (χ0n) is 13.6. The SMILES string of the molecule is Cc1cccc(CN(CC2CCNCC2)C(C)C)c1C. The minimum atomic E-state index is 0.616. The van der Waals surface area contributed by atoms with E-state index in [2.05, 4.69) is 56.1 Å². The Balaban J connectivity index is 2.03. The highest BCUT2D eigenvalue weighted by molar-refractivity contribution is 5.33. The fourth-order valence-corrected chi connectivity index (χ4v) is 3.06. The van der Waals surface area contributed by atoms with E-state index in [0.717, 1.165) is 12.5 Å². The molecule has 0 amide bonds. The number of piperidine rings is 1. The first-order chi connectivity index (χ1) is 9.58. The summed E-state index contributed by atoms with van der Waals surface area (Å²) in [7, 11) is 0. The van der Waals surface area contributed by atoms with Crippen LogP contribution >= 0.6 is 0 Å². The van der Waals surface area contributed by atoms with Crippen LogP contribution in [0.1, 0.15) is 43.4 Å². The Morgan fingerprint density at radius 3 is 2.55 bits per heavy atom. The summed E-state index contributed by atoms with van der Waals surface area (Å²) < 4.78 is 0. The van der Waals surface area contributed by atoms with Gasteiger partial charge in [0, 0.05) is 19.1 Å². The highest BCUT2D eigenvalue weighted by Crippen LogP contribution is 2.20. The normalized spacial score (nSPS) is 17.1. The zero-order chi connectivity index (χ0) is 14.5. The van der Waals surface area contributed by atoms with Gasteiger partial charge in [-0.05, 0) is 76.2 Å². The average molecular weight is 274 g/mol. The molecule has 1 heterocycles. The van der Waals surface area contributed by atoms with E-state index in [9.17, 15) is 0 Å². The van der Waals surface area contributed by atoms with Gasteiger partial charge in [0.2, 0.25) is 0 Å². The molecule has 0 aromatic heterocycles. The van der Waals surface area contributed by atoms with Crippen LogP contribution in [0.2, 0.25) is 0 Å². The molecular formula is C18H30N2. The fourth-order valence-electron chi connectivity index (χ4n) is 3.06. The van der Waals surface area contributed by atoms with Crippen molar-refractivity contribution < 1.29 is 0 Å². The second-order valence-corrected chi connectivity index (χ2v) is 6.58. The summed E-state index contributed by atoms with van der Waals surface area (Å²) in [6.07, 6.45) is 2.66. The predicted molar refractivity (Wildman–Crippen MR) is 87.1 cm³/mol. The third-order valence-corrected chi connectivity index (χ3v) is 4.77. The smallest absolute Gasteiger partial charge is 0.0239 e. The number of benzene rings is 1. The number of nitrogens with zero attached hydrogens (tertiary/aromatic N) is 1. The Labute approximate surface area is 124 Å². The Kier molecular flexibility index (Phi) is 5.62. The first-order valence-corrected chi connectivity index (χ1v) is 8.07. The summed E-state index contributed by atoms with van der Waals surface area (Å²) in [6, 6.07) is 7.32. The van der Waals surface area contributed by atoms with Crippen molar-refractivity contribution in [3.63, 3.8) is 0 Å². The predicted octanol–water partition coefficient (Wildman–Crippen LogP) is 3.51. The summed E-state index contributed by atoms with van der Waals surface area (Å²) in [6.45, 7) is 13.8. The molecule has 2 heteroatoms. The van der Waals surface area contributed by atoms with Crippen LogP contribution in [0.25, 0.3) is 0 Å². The number of nitrogens with one attached hydrogen (secondary N) is 1. The molecule has 1 fully saturated rings. The van der Waals surface area contributed by atoms with Crippen molar-refractivity contribution in [1.82, 2.24) is 10.2 Å². The molecule has 1 aromatic rings. The van der Waals surface area contributed by atoms with E-state index in [1.165, 1.54) is 49.2 Å². The summed E-state index contributed by atoms with van der Waals surface area (Å²) >= 11 is 0. The lowest BCUT2D eigenvalue weighted by Crippen LogP contribution is -2.39.